The number of fused-ring (bicyclic) bond motifs is 3. The average molecular weight is 469 g/mol. The first kappa shape index (κ1) is 22.9. The Bertz CT molecular complexity index is 1470. The summed E-state index contributed by atoms with van der Waals surface area (Å²) in [6, 6.07) is 15.5. The first-order valence-corrected chi connectivity index (χ1v) is 10.0. The smallest absolute Gasteiger partial charge is 0.406 e. The number of nitrogens with one attached hydrogen (secondary N) is 2. The lowest BCUT2D eigenvalue weighted by Crippen LogP contribution is -2.30. The van der Waals surface area contributed by atoms with Gasteiger partial charge in [0.25, 0.3) is 5.56 Å². The number of anilines is 1. The predicted octanol–water partition coefficient (Wildman–Crippen LogP) is 3.62. The van der Waals surface area contributed by atoms with E-state index in [-0.39, 0.29) is 18.6 Å². The Balaban J connectivity index is 1.47. The summed E-state index contributed by atoms with van der Waals surface area (Å²) < 4.78 is 42.0. The number of halogens is 3. The molecule has 2 N–H and O–H groups in total. The van der Waals surface area contributed by atoms with Gasteiger partial charge in [-0.05, 0) is 49.0 Å². The van der Waals surface area contributed by atoms with E-state index in [2.05, 4.69) is 21.1 Å². The molecule has 0 spiro atoms. The molecule has 34 heavy (non-hydrogen) atoms. The number of para-hydroxylation sites is 2. The monoisotopic (exact) mass is 469 g/mol. The number of alkyl halides is 3. The Labute approximate surface area is 190 Å². The number of aromatic nitrogens is 2. The van der Waals surface area contributed by atoms with Crippen molar-refractivity contribution in [3.05, 3.63) is 76.1 Å². The highest BCUT2D eigenvalue weighted by molar-refractivity contribution is 5.92. The number of carbonyl (C=O) groups excluding carboxylic acids is 1. The molecule has 0 unspecified atom stereocenters. The zero-order chi connectivity index (χ0) is 24.5. The third kappa shape index (κ3) is 4.87. The maximum atomic E-state index is 12.8. The van der Waals surface area contributed by atoms with E-state index in [4.69, 9.17) is 0 Å². The fourth-order valence-corrected chi connectivity index (χ4v) is 3.70. The number of nitrogens with zero attached hydrogens (tertiary/aromatic N) is 3. The zero-order valence-corrected chi connectivity index (χ0v) is 17.8. The van der Waals surface area contributed by atoms with Gasteiger partial charge in [0.2, 0.25) is 5.91 Å². The van der Waals surface area contributed by atoms with Crippen molar-refractivity contribution in [1.82, 2.24) is 14.3 Å². The summed E-state index contributed by atoms with van der Waals surface area (Å²) >= 11 is 0. The molecule has 0 atom stereocenters. The minimum atomic E-state index is -4.80. The lowest BCUT2D eigenvalue weighted by molar-refractivity contribution is -0.274. The van der Waals surface area contributed by atoms with Gasteiger partial charge in [0.1, 0.15) is 17.5 Å². The van der Waals surface area contributed by atoms with Crippen molar-refractivity contribution in [1.29, 1.82) is 5.26 Å². The van der Waals surface area contributed by atoms with Crippen LogP contribution in [0.15, 0.2) is 59.4 Å². The summed E-state index contributed by atoms with van der Waals surface area (Å²) in [5.74, 6) is -0.820. The predicted molar refractivity (Wildman–Crippen MR) is 118 cm³/mol. The summed E-state index contributed by atoms with van der Waals surface area (Å²) in [7, 11) is 1.65. The van der Waals surface area contributed by atoms with Gasteiger partial charge in [0, 0.05) is 18.3 Å². The van der Waals surface area contributed by atoms with Crippen LogP contribution in [0.25, 0.3) is 16.7 Å². The number of rotatable bonds is 6. The van der Waals surface area contributed by atoms with E-state index in [0.29, 0.717) is 33.5 Å². The van der Waals surface area contributed by atoms with Crippen molar-refractivity contribution < 1.29 is 22.7 Å². The molecule has 0 bridgehead atoms. The summed E-state index contributed by atoms with van der Waals surface area (Å²) in [6.07, 6.45) is -4.80. The lowest BCUT2D eigenvalue weighted by atomic mass is 10.1. The molecule has 174 valence electrons. The molecule has 8 nitrogen and oxygen atoms in total. The Kier molecular flexibility index (Phi) is 6.00. The highest BCUT2D eigenvalue weighted by atomic mass is 19.4. The Morgan fingerprint density at radius 1 is 1.21 bits per heavy atom. The van der Waals surface area contributed by atoms with Crippen molar-refractivity contribution in [2.45, 2.75) is 12.9 Å². The van der Waals surface area contributed by atoms with E-state index in [9.17, 15) is 28.0 Å². The Morgan fingerprint density at radius 3 is 2.59 bits per heavy atom. The van der Waals surface area contributed by atoms with Gasteiger partial charge in [0.15, 0.2) is 0 Å². The number of amides is 1. The molecule has 2 heterocycles. The van der Waals surface area contributed by atoms with Crippen LogP contribution in [0.1, 0.15) is 11.1 Å². The van der Waals surface area contributed by atoms with E-state index in [1.807, 2.05) is 6.07 Å². The quantitative estimate of drug-likeness (QED) is 0.449. The molecule has 0 aliphatic heterocycles. The number of carbonyl (C=O) groups is 1. The van der Waals surface area contributed by atoms with Gasteiger partial charge < -0.3 is 15.0 Å². The van der Waals surface area contributed by atoms with Crippen molar-refractivity contribution >= 4 is 28.3 Å². The van der Waals surface area contributed by atoms with Crippen LogP contribution in [-0.4, -0.2) is 40.1 Å². The van der Waals surface area contributed by atoms with E-state index in [0.717, 1.165) is 12.1 Å². The molecule has 4 aromatic rings. The van der Waals surface area contributed by atoms with E-state index < -0.39 is 18.0 Å². The highest BCUT2D eigenvalue weighted by Crippen LogP contribution is 2.24. The molecule has 1 amide bonds. The average Bonchev–Trinajstić information content (AvgIpc) is 3.14. The van der Waals surface area contributed by atoms with Crippen molar-refractivity contribution in [3.63, 3.8) is 0 Å². The van der Waals surface area contributed by atoms with Gasteiger partial charge in [-0.1, -0.05) is 12.1 Å². The number of pyridine rings is 1. The molecule has 0 radical (unpaired) electrons. The maximum absolute atomic E-state index is 12.8. The van der Waals surface area contributed by atoms with Crippen molar-refractivity contribution in [3.8, 4) is 11.8 Å². The molecule has 4 rings (SSSR count). The Hall–Kier alpha value is -4.30. The van der Waals surface area contributed by atoms with Crippen LogP contribution in [0.4, 0.5) is 18.9 Å². The lowest BCUT2D eigenvalue weighted by Gasteiger charge is -2.17. The molecule has 0 saturated carbocycles. The molecular formula is C23H18F3N5O3. The normalized spacial score (nSPS) is 11.6. The summed E-state index contributed by atoms with van der Waals surface area (Å²) in [6.45, 7) is 0.0630. The fourth-order valence-electron chi connectivity index (χ4n) is 3.70. The summed E-state index contributed by atoms with van der Waals surface area (Å²) in [5, 5.41) is 12.3. The topological polar surface area (TPSA) is 103 Å². The van der Waals surface area contributed by atoms with E-state index in [1.165, 1.54) is 22.6 Å². The molecule has 11 heteroatoms. The first-order valence-electron chi connectivity index (χ1n) is 10.0. The third-order valence-corrected chi connectivity index (χ3v) is 5.03. The van der Waals surface area contributed by atoms with Crippen LogP contribution in [0.2, 0.25) is 0 Å². The van der Waals surface area contributed by atoms with Crippen LogP contribution in [-0.2, 0) is 11.3 Å². The van der Waals surface area contributed by atoms with Gasteiger partial charge in [-0.2, -0.15) is 5.26 Å². The molecule has 0 saturated heterocycles. The molecular weight excluding hydrogens is 451 g/mol. The van der Waals surface area contributed by atoms with Crippen LogP contribution >= 0.6 is 0 Å². The number of hydrogen-bond acceptors (Lipinski definition) is 5. The van der Waals surface area contributed by atoms with Crippen LogP contribution < -0.4 is 15.6 Å². The largest absolute Gasteiger partial charge is 0.573 e. The first-order chi connectivity index (χ1) is 16.1. The van der Waals surface area contributed by atoms with Gasteiger partial charge in [-0.15, -0.1) is 13.2 Å². The SMILES string of the molecule is CN(CC(=O)Nc1ccc(OC(F)(F)F)cc1)Cc1cc(=O)n2c([nH]c3ccccc32)c1C#N. The number of nitriles is 1. The summed E-state index contributed by atoms with van der Waals surface area (Å²) in [5.41, 5.74) is 2.50. The number of benzene rings is 2. The third-order valence-electron chi connectivity index (χ3n) is 5.03. The van der Waals surface area contributed by atoms with Gasteiger partial charge in [0.05, 0.1) is 23.1 Å². The number of H-pyrrole nitrogens is 1. The number of likely N-dealkylation sites (N-methyl/N-ethyl adjacent to an activating group) is 1. The van der Waals surface area contributed by atoms with Crippen LogP contribution in [0.3, 0.4) is 0 Å². The summed E-state index contributed by atoms with van der Waals surface area (Å²) in [4.78, 5) is 29.9. The standard InChI is InChI=1S/C23H18F3N5O3/c1-30(13-20(32)28-15-6-8-16(9-7-15)34-23(24,25)26)12-14-10-21(33)31-19-5-3-2-4-18(19)29-22(31)17(14)11-27/h2-10,29H,12-13H2,1H3,(H,28,32). The molecule has 2 aromatic heterocycles. The number of imidazole rings is 1. The van der Waals surface area contributed by atoms with Gasteiger partial charge in [-0.3, -0.25) is 18.9 Å². The van der Waals surface area contributed by atoms with Crippen LogP contribution in [0, 0.1) is 11.3 Å². The van der Waals surface area contributed by atoms with Gasteiger partial charge in [-0.25, -0.2) is 0 Å². The zero-order valence-electron chi connectivity index (χ0n) is 17.8. The number of ether oxygens (including phenoxy) is 1. The minimum absolute atomic E-state index is 0.0856. The van der Waals surface area contributed by atoms with Gasteiger partial charge >= 0.3 is 6.36 Å². The number of aromatic amines is 1. The second-order valence-corrected chi connectivity index (χ2v) is 7.61. The fraction of sp³-hybridized carbons (Fsp3) is 0.174. The van der Waals surface area contributed by atoms with E-state index >= 15 is 0 Å². The highest BCUT2D eigenvalue weighted by Gasteiger charge is 2.31. The van der Waals surface area contributed by atoms with Crippen LogP contribution in [0.5, 0.6) is 5.75 Å². The number of hydrogen-bond donors (Lipinski definition) is 2. The molecule has 0 aliphatic rings. The van der Waals surface area contributed by atoms with Crippen molar-refractivity contribution in [2.24, 2.45) is 0 Å². The maximum Gasteiger partial charge on any atom is 0.573 e. The van der Waals surface area contributed by atoms with Crippen molar-refractivity contribution in [2.75, 3.05) is 18.9 Å². The second kappa shape index (κ2) is 8.92. The second-order valence-electron chi connectivity index (χ2n) is 7.61. The minimum Gasteiger partial charge on any atom is -0.406 e. The van der Waals surface area contributed by atoms with E-state index in [1.54, 1.807) is 30.1 Å². The Morgan fingerprint density at radius 2 is 1.91 bits per heavy atom. The molecule has 0 fully saturated rings. The molecule has 2 aromatic carbocycles. The molecule has 0 aliphatic carbocycles.